The molecular formula is C6H15N3O2. The van der Waals surface area contributed by atoms with Crippen molar-refractivity contribution in [3.63, 3.8) is 0 Å². The number of aliphatic hydroxyl groups excluding tert-OH is 1. The summed E-state index contributed by atoms with van der Waals surface area (Å²) in [6.07, 6.45) is 0.733. The first-order chi connectivity index (χ1) is 5.27. The maximum absolute atomic E-state index is 10.1. The highest BCUT2D eigenvalue weighted by Crippen LogP contribution is 1.69. The summed E-state index contributed by atoms with van der Waals surface area (Å²) < 4.78 is 0. The zero-order valence-electron chi connectivity index (χ0n) is 6.47. The number of carbonyl (C=O) groups is 1. The lowest BCUT2D eigenvalue weighted by Crippen LogP contribution is -2.35. The second kappa shape index (κ2) is 7.30. The average Bonchev–Trinajstić information content (AvgIpc) is 1.96. The van der Waals surface area contributed by atoms with Gasteiger partial charge in [-0.2, -0.15) is 0 Å². The summed E-state index contributed by atoms with van der Waals surface area (Å²) in [5, 5.41) is 13.8. The van der Waals surface area contributed by atoms with E-state index < -0.39 is 6.03 Å². The molecule has 0 bridgehead atoms. The van der Waals surface area contributed by atoms with Gasteiger partial charge >= 0.3 is 6.03 Å². The molecule has 0 radical (unpaired) electrons. The summed E-state index contributed by atoms with van der Waals surface area (Å²) in [5.74, 6) is 0. The molecule has 0 saturated carbocycles. The molecule has 0 aliphatic carbocycles. The standard InChI is InChI=1S/C6H15N3O2/c7-6(11)9-4-3-8-2-1-5-10/h8,10H,1-5H2,(H3,7,9,11). The van der Waals surface area contributed by atoms with E-state index >= 15 is 0 Å². The van der Waals surface area contributed by atoms with Gasteiger partial charge in [-0.25, -0.2) is 4.79 Å². The van der Waals surface area contributed by atoms with E-state index in [-0.39, 0.29) is 6.61 Å². The number of amides is 2. The van der Waals surface area contributed by atoms with Crippen molar-refractivity contribution in [3.8, 4) is 0 Å². The first-order valence-corrected chi connectivity index (χ1v) is 3.62. The lowest BCUT2D eigenvalue weighted by Gasteiger charge is -2.02. The second-order valence-electron chi connectivity index (χ2n) is 2.12. The minimum Gasteiger partial charge on any atom is -0.396 e. The number of primary amides is 1. The fourth-order valence-electron chi connectivity index (χ4n) is 0.603. The van der Waals surface area contributed by atoms with Gasteiger partial charge in [-0.15, -0.1) is 0 Å². The van der Waals surface area contributed by atoms with E-state index in [1.807, 2.05) is 0 Å². The van der Waals surface area contributed by atoms with Crippen molar-refractivity contribution in [1.29, 1.82) is 0 Å². The van der Waals surface area contributed by atoms with Crippen molar-refractivity contribution in [3.05, 3.63) is 0 Å². The van der Waals surface area contributed by atoms with Crippen LogP contribution in [0.5, 0.6) is 0 Å². The molecule has 0 aliphatic rings. The first-order valence-electron chi connectivity index (χ1n) is 3.62. The Kier molecular flexibility index (Phi) is 6.76. The fraction of sp³-hybridized carbons (Fsp3) is 0.833. The minimum absolute atomic E-state index is 0.191. The van der Waals surface area contributed by atoms with Gasteiger partial charge in [0.1, 0.15) is 0 Å². The van der Waals surface area contributed by atoms with Crippen LogP contribution in [0.4, 0.5) is 4.79 Å². The van der Waals surface area contributed by atoms with Crippen LogP contribution < -0.4 is 16.4 Å². The molecule has 5 N–H and O–H groups in total. The van der Waals surface area contributed by atoms with Crippen molar-refractivity contribution >= 4 is 6.03 Å². The Morgan fingerprint density at radius 3 is 2.64 bits per heavy atom. The second-order valence-corrected chi connectivity index (χ2v) is 2.12. The van der Waals surface area contributed by atoms with Crippen molar-refractivity contribution in [2.75, 3.05) is 26.2 Å². The zero-order chi connectivity index (χ0) is 8.53. The Morgan fingerprint density at radius 2 is 2.09 bits per heavy atom. The molecule has 0 unspecified atom stereocenters. The summed E-state index contributed by atoms with van der Waals surface area (Å²) in [6.45, 7) is 2.16. The third-order valence-corrected chi connectivity index (χ3v) is 1.11. The molecule has 66 valence electrons. The molecule has 2 amide bonds. The van der Waals surface area contributed by atoms with E-state index in [1.54, 1.807) is 0 Å². The molecule has 0 aromatic heterocycles. The molecule has 0 atom stereocenters. The topological polar surface area (TPSA) is 87.4 Å². The quantitative estimate of drug-likeness (QED) is 0.362. The molecule has 0 aromatic carbocycles. The molecule has 0 rings (SSSR count). The van der Waals surface area contributed by atoms with E-state index in [4.69, 9.17) is 10.8 Å². The van der Waals surface area contributed by atoms with Gasteiger partial charge in [0.05, 0.1) is 0 Å². The third-order valence-electron chi connectivity index (χ3n) is 1.11. The third kappa shape index (κ3) is 9.19. The van der Waals surface area contributed by atoms with Gasteiger partial charge in [0.2, 0.25) is 0 Å². The normalized spacial score (nSPS) is 9.55. The van der Waals surface area contributed by atoms with E-state index in [2.05, 4.69) is 10.6 Å². The Morgan fingerprint density at radius 1 is 1.36 bits per heavy atom. The summed E-state index contributed by atoms with van der Waals surface area (Å²) in [5.41, 5.74) is 4.82. The van der Waals surface area contributed by atoms with Gasteiger partial charge in [-0.3, -0.25) is 0 Å². The monoisotopic (exact) mass is 161 g/mol. The molecule has 0 aliphatic heterocycles. The number of hydrogen-bond acceptors (Lipinski definition) is 3. The summed E-state index contributed by atoms with van der Waals surface area (Å²) >= 11 is 0. The maximum atomic E-state index is 10.1. The number of carbonyl (C=O) groups excluding carboxylic acids is 1. The minimum atomic E-state index is -0.506. The Balaban J connectivity index is 2.85. The van der Waals surface area contributed by atoms with Crippen molar-refractivity contribution in [1.82, 2.24) is 10.6 Å². The molecule has 0 spiro atoms. The first kappa shape index (κ1) is 10.2. The van der Waals surface area contributed by atoms with Crippen LogP contribution in [-0.2, 0) is 0 Å². The highest BCUT2D eigenvalue weighted by molar-refractivity contribution is 5.71. The van der Waals surface area contributed by atoms with E-state index in [9.17, 15) is 4.79 Å². The van der Waals surface area contributed by atoms with Crippen LogP contribution in [0.3, 0.4) is 0 Å². The number of aliphatic hydroxyl groups is 1. The number of urea groups is 1. The molecule has 5 heteroatoms. The van der Waals surface area contributed by atoms with Crippen molar-refractivity contribution < 1.29 is 9.90 Å². The van der Waals surface area contributed by atoms with Crippen LogP contribution in [0.2, 0.25) is 0 Å². The van der Waals surface area contributed by atoms with Crippen LogP contribution in [0.1, 0.15) is 6.42 Å². The van der Waals surface area contributed by atoms with Gasteiger partial charge in [0.15, 0.2) is 0 Å². The van der Waals surface area contributed by atoms with E-state index in [0.717, 1.165) is 13.0 Å². The predicted molar refractivity (Wildman–Crippen MR) is 42.2 cm³/mol. The summed E-state index contributed by atoms with van der Waals surface area (Å²) in [4.78, 5) is 10.1. The number of hydrogen-bond donors (Lipinski definition) is 4. The van der Waals surface area contributed by atoms with Crippen molar-refractivity contribution in [2.24, 2.45) is 5.73 Å². The van der Waals surface area contributed by atoms with Crippen LogP contribution >= 0.6 is 0 Å². The lowest BCUT2D eigenvalue weighted by molar-refractivity contribution is 0.248. The summed E-state index contributed by atoms with van der Waals surface area (Å²) in [7, 11) is 0. The van der Waals surface area contributed by atoms with Crippen molar-refractivity contribution in [2.45, 2.75) is 6.42 Å². The van der Waals surface area contributed by atoms with E-state index in [1.165, 1.54) is 0 Å². The highest BCUT2D eigenvalue weighted by Gasteiger charge is 1.89. The number of nitrogens with one attached hydrogen (secondary N) is 2. The van der Waals surface area contributed by atoms with Gasteiger partial charge in [0, 0.05) is 19.7 Å². The summed E-state index contributed by atoms with van der Waals surface area (Å²) in [6, 6.07) is -0.506. The van der Waals surface area contributed by atoms with Gasteiger partial charge in [-0.05, 0) is 13.0 Å². The van der Waals surface area contributed by atoms with Crippen LogP contribution in [0.15, 0.2) is 0 Å². The largest absolute Gasteiger partial charge is 0.396 e. The van der Waals surface area contributed by atoms with Crippen LogP contribution in [0, 0.1) is 0 Å². The lowest BCUT2D eigenvalue weighted by atomic mass is 10.4. The molecule has 0 saturated heterocycles. The van der Waals surface area contributed by atoms with Crippen LogP contribution in [0.25, 0.3) is 0 Å². The molecular weight excluding hydrogens is 146 g/mol. The average molecular weight is 161 g/mol. The predicted octanol–water partition coefficient (Wildman–Crippen LogP) is -1.37. The fourth-order valence-corrected chi connectivity index (χ4v) is 0.603. The Labute approximate surface area is 66.0 Å². The Bertz CT molecular complexity index is 108. The van der Waals surface area contributed by atoms with Gasteiger partial charge in [0.25, 0.3) is 0 Å². The molecule has 0 aromatic rings. The van der Waals surface area contributed by atoms with Crippen LogP contribution in [-0.4, -0.2) is 37.4 Å². The molecule has 0 fully saturated rings. The maximum Gasteiger partial charge on any atom is 0.312 e. The molecule has 11 heavy (non-hydrogen) atoms. The van der Waals surface area contributed by atoms with Gasteiger partial charge in [-0.1, -0.05) is 0 Å². The van der Waals surface area contributed by atoms with Gasteiger partial charge < -0.3 is 21.5 Å². The number of rotatable bonds is 6. The molecule has 5 nitrogen and oxygen atoms in total. The zero-order valence-corrected chi connectivity index (χ0v) is 6.47. The number of nitrogens with two attached hydrogens (primary N) is 1. The van der Waals surface area contributed by atoms with E-state index in [0.29, 0.717) is 13.1 Å². The highest BCUT2D eigenvalue weighted by atomic mass is 16.3. The molecule has 0 heterocycles. The Hall–Kier alpha value is -0.810. The SMILES string of the molecule is NC(=O)NCCNCCCO. The smallest absolute Gasteiger partial charge is 0.312 e.